The second-order valence-corrected chi connectivity index (χ2v) is 4.08. The summed E-state index contributed by atoms with van der Waals surface area (Å²) in [4.78, 5) is 20.1. The molecule has 1 aromatic heterocycles. The molecule has 5 heteroatoms. The molecule has 0 aliphatic carbocycles. The number of benzene rings is 1. The fraction of sp³-hybridized carbons (Fsp3) is 0.154. The van der Waals surface area contributed by atoms with E-state index >= 15 is 0 Å². The number of hydrogen-bond donors (Lipinski definition) is 2. The predicted octanol–water partition coefficient (Wildman–Crippen LogP) is 1.62. The number of para-hydroxylation sites is 1. The van der Waals surface area contributed by atoms with Crippen molar-refractivity contribution in [1.29, 1.82) is 0 Å². The van der Waals surface area contributed by atoms with Gasteiger partial charge in [0.05, 0.1) is 5.92 Å². The van der Waals surface area contributed by atoms with Crippen LogP contribution in [-0.2, 0) is 4.79 Å². The normalized spacial score (nSPS) is 16.8. The Kier molecular flexibility index (Phi) is 2.64. The zero-order valence-corrected chi connectivity index (χ0v) is 9.63. The first-order chi connectivity index (χ1) is 8.84. The summed E-state index contributed by atoms with van der Waals surface area (Å²) in [6, 6.07) is 9.53. The number of carbonyl (C=O) groups excluding carboxylic acids is 1. The standard InChI is InChI=1S/C13H12N4O/c18-12(17-13-14-6-3-7-15-13)10-8-16-11-5-2-1-4-9(10)11/h1-7,10,16H,8H2,(H,14,15,17,18). The van der Waals surface area contributed by atoms with Crippen molar-refractivity contribution in [3.63, 3.8) is 0 Å². The molecule has 0 saturated heterocycles. The molecule has 1 amide bonds. The van der Waals surface area contributed by atoms with Gasteiger partial charge < -0.3 is 5.32 Å². The highest BCUT2D eigenvalue weighted by atomic mass is 16.2. The third-order valence-corrected chi connectivity index (χ3v) is 2.95. The van der Waals surface area contributed by atoms with Crippen molar-refractivity contribution in [2.24, 2.45) is 0 Å². The molecule has 1 aliphatic rings. The van der Waals surface area contributed by atoms with Crippen LogP contribution >= 0.6 is 0 Å². The lowest BCUT2D eigenvalue weighted by atomic mass is 10.0. The number of carbonyl (C=O) groups is 1. The summed E-state index contributed by atoms with van der Waals surface area (Å²) in [6.07, 6.45) is 3.20. The van der Waals surface area contributed by atoms with Crippen LogP contribution in [0.25, 0.3) is 0 Å². The average Bonchev–Trinajstić information content (AvgIpc) is 2.84. The number of fused-ring (bicyclic) bond motifs is 1. The molecule has 3 rings (SSSR count). The first-order valence-corrected chi connectivity index (χ1v) is 5.75. The number of anilines is 2. The SMILES string of the molecule is O=C(Nc1ncccn1)C1CNc2ccccc21. The Bertz CT molecular complexity index is 570. The number of nitrogens with zero attached hydrogens (tertiary/aromatic N) is 2. The minimum absolute atomic E-state index is 0.0846. The van der Waals surface area contributed by atoms with Crippen LogP contribution in [-0.4, -0.2) is 22.4 Å². The van der Waals surface area contributed by atoms with Gasteiger partial charge in [-0.3, -0.25) is 10.1 Å². The van der Waals surface area contributed by atoms with Crippen LogP contribution in [0, 0.1) is 0 Å². The number of nitrogens with one attached hydrogen (secondary N) is 2. The third kappa shape index (κ3) is 1.90. The summed E-state index contributed by atoms with van der Waals surface area (Å²) in [5, 5.41) is 5.94. The van der Waals surface area contributed by atoms with E-state index in [2.05, 4.69) is 20.6 Å². The van der Waals surface area contributed by atoms with Crippen molar-refractivity contribution < 1.29 is 4.79 Å². The number of amides is 1. The van der Waals surface area contributed by atoms with Gasteiger partial charge in [0.1, 0.15) is 0 Å². The molecule has 18 heavy (non-hydrogen) atoms. The van der Waals surface area contributed by atoms with Gasteiger partial charge in [0, 0.05) is 24.6 Å². The van der Waals surface area contributed by atoms with Crippen LogP contribution in [0.1, 0.15) is 11.5 Å². The molecule has 90 valence electrons. The van der Waals surface area contributed by atoms with Crippen molar-refractivity contribution in [1.82, 2.24) is 9.97 Å². The Morgan fingerprint density at radius 1 is 1.22 bits per heavy atom. The van der Waals surface area contributed by atoms with E-state index in [9.17, 15) is 4.79 Å². The maximum atomic E-state index is 12.1. The highest BCUT2D eigenvalue weighted by molar-refractivity contribution is 5.97. The van der Waals surface area contributed by atoms with Crippen LogP contribution in [0.5, 0.6) is 0 Å². The van der Waals surface area contributed by atoms with Crippen LogP contribution < -0.4 is 10.6 Å². The van der Waals surface area contributed by atoms with E-state index in [1.54, 1.807) is 18.5 Å². The minimum atomic E-state index is -0.190. The first-order valence-electron chi connectivity index (χ1n) is 5.75. The van der Waals surface area contributed by atoms with Crippen molar-refractivity contribution in [3.05, 3.63) is 48.3 Å². The number of rotatable bonds is 2. The van der Waals surface area contributed by atoms with Gasteiger partial charge in [0.15, 0.2) is 0 Å². The molecule has 0 spiro atoms. The molecular formula is C13H12N4O. The van der Waals surface area contributed by atoms with Crippen molar-refractivity contribution in [3.8, 4) is 0 Å². The van der Waals surface area contributed by atoms with Crippen LogP contribution in [0.4, 0.5) is 11.6 Å². The Labute approximate surface area is 104 Å². The second kappa shape index (κ2) is 4.44. The van der Waals surface area contributed by atoms with Gasteiger partial charge in [0.25, 0.3) is 0 Å². The molecule has 5 nitrogen and oxygen atoms in total. The Morgan fingerprint density at radius 3 is 2.83 bits per heavy atom. The Balaban J connectivity index is 1.79. The summed E-state index contributed by atoms with van der Waals surface area (Å²) >= 11 is 0. The lowest BCUT2D eigenvalue weighted by Crippen LogP contribution is -2.23. The van der Waals surface area contributed by atoms with Gasteiger partial charge in [-0.15, -0.1) is 0 Å². The smallest absolute Gasteiger partial charge is 0.236 e. The minimum Gasteiger partial charge on any atom is -0.384 e. The van der Waals surface area contributed by atoms with E-state index in [0.29, 0.717) is 12.5 Å². The van der Waals surface area contributed by atoms with E-state index in [0.717, 1.165) is 11.3 Å². The Hall–Kier alpha value is -2.43. The summed E-state index contributed by atoms with van der Waals surface area (Å²) < 4.78 is 0. The molecule has 0 saturated carbocycles. The van der Waals surface area contributed by atoms with E-state index in [4.69, 9.17) is 0 Å². The molecule has 0 fully saturated rings. The molecule has 1 atom stereocenters. The largest absolute Gasteiger partial charge is 0.384 e. The molecule has 1 aromatic carbocycles. The predicted molar refractivity (Wildman–Crippen MR) is 68.3 cm³/mol. The highest BCUT2D eigenvalue weighted by Gasteiger charge is 2.28. The molecular weight excluding hydrogens is 228 g/mol. The zero-order valence-electron chi connectivity index (χ0n) is 9.63. The first kappa shape index (κ1) is 10.7. The topological polar surface area (TPSA) is 66.9 Å². The van der Waals surface area contributed by atoms with Gasteiger partial charge in [-0.2, -0.15) is 0 Å². The van der Waals surface area contributed by atoms with E-state index < -0.39 is 0 Å². The van der Waals surface area contributed by atoms with E-state index in [1.165, 1.54) is 0 Å². The Morgan fingerprint density at radius 2 is 2.00 bits per heavy atom. The second-order valence-electron chi connectivity index (χ2n) is 4.08. The van der Waals surface area contributed by atoms with Crippen molar-refractivity contribution in [2.45, 2.75) is 5.92 Å². The number of aromatic nitrogens is 2. The zero-order chi connectivity index (χ0) is 12.4. The fourth-order valence-electron chi connectivity index (χ4n) is 2.08. The molecule has 0 bridgehead atoms. The van der Waals surface area contributed by atoms with Gasteiger partial charge >= 0.3 is 0 Å². The monoisotopic (exact) mass is 240 g/mol. The summed E-state index contributed by atoms with van der Waals surface area (Å²) in [5.74, 6) is 0.0653. The molecule has 1 unspecified atom stereocenters. The summed E-state index contributed by atoms with van der Waals surface area (Å²) in [7, 11) is 0. The van der Waals surface area contributed by atoms with Gasteiger partial charge in [-0.05, 0) is 17.7 Å². The van der Waals surface area contributed by atoms with Gasteiger partial charge in [0.2, 0.25) is 11.9 Å². The molecule has 2 N–H and O–H groups in total. The average molecular weight is 240 g/mol. The van der Waals surface area contributed by atoms with E-state index in [-0.39, 0.29) is 11.8 Å². The van der Waals surface area contributed by atoms with Crippen LogP contribution in [0.3, 0.4) is 0 Å². The maximum Gasteiger partial charge on any atom is 0.236 e. The van der Waals surface area contributed by atoms with Crippen molar-refractivity contribution in [2.75, 3.05) is 17.2 Å². The van der Waals surface area contributed by atoms with Crippen molar-refractivity contribution >= 4 is 17.5 Å². The lowest BCUT2D eigenvalue weighted by molar-refractivity contribution is -0.117. The quantitative estimate of drug-likeness (QED) is 0.837. The summed E-state index contributed by atoms with van der Waals surface area (Å²) in [5.41, 5.74) is 2.04. The highest BCUT2D eigenvalue weighted by Crippen LogP contribution is 2.31. The lowest BCUT2D eigenvalue weighted by Gasteiger charge is -2.09. The maximum absolute atomic E-state index is 12.1. The van der Waals surface area contributed by atoms with Crippen LogP contribution in [0.15, 0.2) is 42.7 Å². The summed E-state index contributed by atoms with van der Waals surface area (Å²) in [6.45, 7) is 0.609. The van der Waals surface area contributed by atoms with Gasteiger partial charge in [-0.1, -0.05) is 18.2 Å². The van der Waals surface area contributed by atoms with Gasteiger partial charge in [-0.25, -0.2) is 9.97 Å². The molecule has 2 heterocycles. The fourth-order valence-corrected chi connectivity index (χ4v) is 2.08. The third-order valence-electron chi connectivity index (χ3n) is 2.95. The molecule has 0 radical (unpaired) electrons. The number of hydrogen-bond acceptors (Lipinski definition) is 4. The molecule has 2 aromatic rings. The van der Waals surface area contributed by atoms with Crippen LogP contribution in [0.2, 0.25) is 0 Å². The van der Waals surface area contributed by atoms with E-state index in [1.807, 2.05) is 24.3 Å². The molecule has 1 aliphatic heterocycles.